The molecule has 164 valence electrons. The van der Waals surface area contributed by atoms with Crippen molar-refractivity contribution in [2.45, 2.75) is 12.3 Å². The predicted octanol–water partition coefficient (Wildman–Crippen LogP) is 5.33. The molecule has 0 spiro atoms. The van der Waals surface area contributed by atoms with Gasteiger partial charge in [-0.1, -0.05) is 54.1 Å². The molecule has 0 aliphatic rings. The topological polar surface area (TPSA) is 63.3 Å². The molecule has 4 aromatic rings. The Morgan fingerprint density at radius 1 is 0.969 bits per heavy atom. The molecule has 4 rings (SSSR count). The predicted molar refractivity (Wildman–Crippen MR) is 128 cm³/mol. The van der Waals surface area contributed by atoms with Crippen LogP contribution in [-0.4, -0.2) is 31.7 Å². The third-order valence-corrected chi connectivity index (χ3v) is 5.84. The summed E-state index contributed by atoms with van der Waals surface area (Å²) in [5, 5.41) is 4.86. The second-order valence-corrected chi connectivity index (χ2v) is 7.97. The van der Waals surface area contributed by atoms with Crippen LogP contribution in [-0.2, 0) is 11.2 Å². The molecule has 0 aliphatic heterocycles. The van der Waals surface area contributed by atoms with Crippen LogP contribution in [0.2, 0.25) is 5.02 Å². The highest BCUT2D eigenvalue weighted by atomic mass is 35.5. The van der Waals surface area contributed by atoms with Crippen LogP contribution in [0, 0.1) is 0 Å². The lowest BCUT2D eigenvalue weighted by Crippen LogP contribution is -2.30. The number of methoxy groups -OCH3 is 2. The zero-order valence-corrected chi connectivity index (χ0v) is 18.8. The summed E-state index contributed by atoms with van der Waals surface area (Å²) >= 11 is 5.95. The van der Waals surface area contributed by atoms with Crippen LogP contribution >= 0.6 is 11.6 Å². The minimum atomic E-state index is -0.134. The Morgan fingerprint density at radius 3 is 2.50 bits per heavy atom. The molecule has 1 atom stereocenters. The van der Waals surface area contributed by atoms with E-state index in [1.807, 2.05) is 54.7 Å². The molecular formula is C26H25ClN2O3. The maximum Gasteiger partial charge on any atom is 0.224 e. The highest BCUT2D eigenvalue weighted by molar-refractivity contribution is 6.30. The van der Waals surface area contributed by atoms with Gasteiger partial charge in [-0.3, -0.25) is 4.79 Å². The van der Waals surface area contributed by atoms with Gasteiger partial charge in [0, 0.05) is 40.1 Å². The third kappa shape index (κ3) is 4.58. The number of para-hydroxylation sites is 2. The summed E-state index contributed by atoms with van der Waals surface area (Å²) in [6.07, 6.45) is 2.28. The highest BCUT2D eigenvalue weighted by Crippen LogP contribution is 2.40. The molecule has 1 unspecified atom stereocenters. The third-order valence-electron chi connectivity index (χ3n) is 5.59. The van der Waals surface area contributed by atoms with E-state index >= 15 is 0 Å². The highest BCUT2D eigenvalue weighted by Gasteiger charge is 2.24. The van der Waals surface area contributed by atoms with Gasteiger partial charge in [0.05, 0.1) is 20.6 Å². The number of benzene rings is 3. The number of aromatic nitrogens is 1. The first-order valence-electron chi connectivity index (χ1n) is 10.4. The van der Waals surface area contributed by atoms with E-state index in [4.69, 9.17) is 21.1 Å². The first-order chi connectivity index (χ1) is 15.6. The molecular weight excluding hydrogens is 424 g/mol. The molecule has 5 nitrogen and oxygen atoms in total. The second-order valence-electron chi connectivity index (χ2n) is 7.53. The molecule has 0 aliphatic carbocycles. The number of fused-ring (bicyclic) bond motifs is 1. The van der Waals surface area contributed by atoms with Crippen molar-refractivity contribution in [3.05, 3.63) is 94.6 Å². The van der Waals surface area contributed by atoms with Gasteiger partial charge in [0.15, 0.2) is 11.5 Å². The SMILES string of the molecule is COc1cccc(C(CNC(=O)Cc2ccc(Cl)cc2)c2c[nH]c3ccccc23)c1OC. The molecule has 0 bridgehead atoms. The van der Waals surface area contributed by atoms with Crippen LogP contribution in [0.1, 0.15) is 22.6 Å². The first-order valence-corrected chi connectivity index (χ1v) is 10.8. The zero-order valence-electron chi connectivity index (χ0n) is 18.0. The lowest BCUT2D eigenvalue weighted by Gasteiger charge is -2.22. The fraction of sp³-hybridized carbons (Fsp3) is 0.192. The van der Waals surface area contributed by atoms with Gasteiger partial charge >= 0.3 is 0 Å². The van der Waals surface area contributed by atoms with Gasteiger partial charge in [-0.2, -0.15) is 0 Å². The van der Waals surface area contributed by atoms with E-state index in [1.165, 1.54) is 0 Å². The quantitative estimate of drug-likeness (QED) is 0.383. The lowest BCUT2D eigenvalue weighted by atomic mass is 9.89. The van der Waals surface area contributed by atoms with Crippen molar-refractivity contribution in [1.29, 1.82) is 0 Å². The van der Waals surface area contributed by atoms with E-state index in [9.17, 15) is 4.79 Å². The van der Waals surface area contributed by atoms with Crippen molar-refractivity contribution in [3.8, 4) is 11.5 Å². The van der Waals surface area contributed by atoms with Crippen molar-refractivity contribution in [1.82, 2.24) is 10.3 Å². The molecule has 1 amide bonds. The molecule has 2 N–H and O–H groups in total. The molecule has 0 fully saturated rings. The van der Waals surface area contributed by atoms with Crippen LogP contribution < -0.4 is 14.8 Å². The Hall–Kier alpha value is -3.44. The molecule has 0 radical (unpaired) electrons. The molecule has 0 saturated carbocycles. The standard InChI is InChI=1S/C26H25ClN2O3/c1-31-24-9-5-7-20(26(24)32-2)22(21-15-28-23-8-4-3-6-19(21)23)16-29-25(30)14-17-10-12-18(27)13-11-17/h3-13,15,22,28H,14,16H2,1-2H3,(H,29,30). The summed E-state index contributed by atoms with van der Waals surface area (Å²) in [4.78, 5) is 16.1. The number of carbonyl (C=O) groups is 1. The molecule has 0 saturated heterocycles. The first kappa shape index (κ1) is 21.8. The maximum atomic E-state index is 12.7. The molecule has 3 aromatic carbocycles. The Morgan fingerprint density at radius 2 is 1.75 bits per heavy atom. The Bertz CT molecular complexity index is 1220. The van der Waals surface area contributed by atoms with Crippen LogP contribution in [0.15, 0.2) is 72.9 Å². The van der Waals surface area contributed by atoms with Gasteiger partial charge in [0.2, 0.25) is 5.91 Å². The number of amides is 1. The number of carbonyl (C=O) groups excluding carboxylic acids is 1. The van der Waals surface area contributed by atoms with E-state index in [0.29, 0.717) is 23.1 Å². The molecule has 1 heterocycles. The van der Waals surface area contributed by atoms with E-state index < -0.39 is 0 Å². The normalized spacial score (nSPS) is 11.8. The van der Waals surface area contributed by atoms with Gasteiger partial charge in [-0.25, -0.2) is 0 Å². The minimum Gasteiger partial charge on any atom is -0.493 e. The van der Waals surface area contributed by atoms with Crippen LogP contribution in [0.5, 0.6) is 11.5 Å². The number of nitrogens with one attached hydrogen (secondary N) is 2. The molecule has 6 heteroatoms. The van der Waals surface area contributed by atoms with E-state index in [2.05, 4.69) is 16.4 Å². The summed E-state index contributed by atoms with van der Waals surface area (Å²) in [6, 6.07) is 21.3. The summed E-state index contributed by atoms with van der Waals surface area (Å²) < 4.78 is 11.2. The lowest BCUT2D eigenvalue weighted by molar-refractivity contribution is -0.120. The zero-order chi connectivity index (χ0) is 22.5. The number of halogens is 1. The van der Waals surface area contributed by atoms with Crippen molar-refractivity contribution in [2.24, 2.45) is 0 Å². The van der Waals surface area contributed by atoms with Crippen molar-refractivity contribution in [2.75, 3.05) is 20.8 Å². The maximum absolute atomic E-state index is 12.7. The number of aromatic amines is 1. The van der Waals surface area contributed by atoms with Gasteiger partial charge in [-0.15, -0.1) is 0 Å². The number of rotatable bonds is 8. The van der Waals surface area contributed by atoms with Crippen LogP contribution in [0.3, 0.4) is 0 Å². The number of hydrogen-bond donors (Lipinski definition) is 2. The monoisotopic (exact) mass is 448 g/mol. The van der Waals surface area contributed by atoms with Crippen LogP contribution in [0.25, 0.3) is 10.9 Å². The largest absolute Gasteiger partial charge is 0.493 e. The van der Waals surface area contributed by atoms with Gasteiger partial charge in [0.25, 0.3) is 0 Å². The van der Waals surface area contributed by atoms with Crippen molar-refractivity contribution >= 4 is 28.4 Å². The Kier molecular flexibility index (Phi) is 6.66. The summed E-state index contributed by atoms with van der Waals surface area (Å²) in [5.41, 5.74) is 3.98. The number of H-pyrrole nitrogens is 1. The summed E-state index contributed by atoms with van der Waals surface area (Å²) in [5.74, 6) is 1.13. The van der Waals surface area contributed by atoms with E-state index in [0.717, 1.165) is 27.6 Å². The Balaban J connectivity index is 1.66. The second kappa shape index (κ2) is 9.79. The van der Waals surface area contributed by atoms with E-state index in [1.54, 1.807) is 26.4 Å². The van der Waals surface area contributed by atoms with Crippen LogP contribution in [0.4, 0.5) is 0 Å². The van der Waals surface area contributed by atoms with Gasteiger partial charge in [-0.05, 0) is 35.4 Å². The van der Waals surface area contributed by atoms with Crippen molar-refractivity contribution in [3.63, 3.8) is 0 Å². The van der Waals surface area contributed by atoms with E-state index in [-0.39, 0.29) is 18.2 Å². The fourth-order valence-corrected chi connectivity index (χ4v) is 4.15. The minimum absolute atomic E-state index is 0.0565. The number of ether oxygens (including phenoxy) is 2. The number of hydrogen-bond acceptors (Lipinski definition) is 3. The fourth-order valence-electron chi connectivity index (χ4n) is 4.02. The summed E-state index contributed by atoms with van der Waals surface area (Å²) in [6.45, 7) is 0.414. The van der Waals surface area contributed by atoms with Gasteiger partial charge in [0.1, 0.15) is 0 Å². The summed E-state index contributed by atoms with van der Waals surface area (Å²) in [7, 11) is 3.25. The average molecular weight is 449 g/mol. The van der Waals surface area contributed by atoms with Crippen molar-refractivity contribution < 1.29 is 14.3 Å². The Labute approximate surface area is 192 Å². The average Bonchev–Trinajstić information content (AvgIpc) is 3.24. The smallest absolute Gasteiger partial charge is 0.224 e. The molecule has 1 aromatic heterocycles. The van der Waals surface area contributed by atoms with Gasteiger partial charge < -0.3 is 19.8 Å². The molecule has 32 heavy (non-hydrogen) atoms.